The van der Waals surface area contributed by atoms with Crippen molar-refractivity contribution in [1.29, 1.82) is 0 Å². The Balaban J connectivity index is 1.77. The highest BCUT2D eigenvalue weighted by Crippen LogP contribution is 2.68. The van der Waals surface area contributed by atoms with Crippen molar-refractivity contribution in [2.75, 3.05) is 0 Å². The highest BCUT2D eigenvalue weighted by atomic mass is 16.5. The van der Waals surface area contributed by atoms with Crippen LogP contribution in [0.4, 0.5) is 0 Å². The zero-order valence-corrected chi connectivity index (χ0v) is 21.9. The predicted molar refractivity (Wildman–Crippen MR) is 134 cm³/mol. The third kappa shape index (κ3) is 4.27. The summed E-state index contributed by atoms with van der Waals surface area (Å²) < 4.78 is 5.87. The van der Waals surface area contributed by atoms with E-state index in [4.69, 9.17) is 10.5 Å². The van der Waals surface area contributed by atoms with Gasteiger partial charge in [0.05, 0.1) is 0 Å². The first-order valence-corrected chi connectivity index (χ1v) is 13.5. The number of carbonyl (C=O) groups excluding carboxylic acids is 1. The molecule has 4 aliphatic rings. The zero-order chi connectivity index (χ0) is 24.8. The molecule has 0 aliphatic heterocycles. The van der Waals surface area contributed by atoms with Gasteiger partial charge < -0.3 is 15.6 Å². The lowest BCUT2D eigenvalue weighted by molar-refractivity contribution is -0.147. The molecule has 0 saturated heterocycles. The van der Waals surface area contributed by atoms with Crippen molar-refractivity contribution in [1.82, 2.24) is 0 Å². The van der Waals surface area contributed by atoms with Crippen LogP contribution in [0.5, 0.6) is 0 Å². The van der Waals surface area contributed by atoms with Gasteiger partial charge in [-0.25, -0.2) is 4.79 Å². The molecule has 190 valence electrons. The van der Waals surface area contributed by atoms with Gasteiger partial charge in [0.25, 0.3) is 0 Å². The van der Waals surface area contributed by atoms with E-state index in [1.165, 1.54) is 44.6 Å². The fourth-order valence-corrected chi connectivity index (χ4v) is 8.94. The summed E-state index contributed by atoms with van der Waals surface area (Å²) >= 11 is 0. The van der Waals surface area contributed by atoms with Crippen LogP contribution in [-0.2, 0) is 14.3 Å². The largest absolute Gasteiger partial charge is 0.478 e. The summed E-state index contributed by atoms with van der Waals surface area (Å²) in [7, 11) is 0. The van der Waals surface area contributed by atoms with Crippen molar-refractivity contribution in [2.45, 2.75) is 111 Å². The standard InChI is InChI=1S/C29H45NO4/c1-17(2)9-8-11-20(27(32)33)25-22-15-23(30)26-21(29(22,5)16-24(25)34-18(3)31)13-12-19-10-6-7-14-28(19,26)4/h9,19,21-24,26H,6-8,10-16,30H2,1-5H3,(H,32,33)/b25-20-/t19?,21?,22?,23-,24-,26-,28-,29+/m0/s1. The summed E-state index contributed by atoms with van der Waals surface area (Å²) in [5.41, 5.74) is 9.71. The average Bonchev–Trinajstić information content (AvgIpc) is 3.01. The Labute approximate surface area is 205 Å². The van der Waals surface area contributed by atoms with Gasteiger partial charge in [-0.2, -0.15) is 0 Å². The number of rotatable bonds is 5. The van der Waals surface area contributed by atoms with E-state index in [0.717, 1.165) is 30.8 Å². The molecule has 3 unspecified atom stereocenters. The van der Waals surface area contributed by atoms with E-state index in [1.807, 2.05) is 13.8 Å². The van der Waals surface area contributed by atoms with Crippen LogP contribution in [0.3, 0.4) is 0 Å². The summed E-state index contributed by atoms with van der Waals surface area (Å²) in [5.74, 6) is 0.524. The molecule has 4 rings (SSSR count). The molecular formula is C29H45NO4. The summed E-state index contributed by atoms with van der Waals surface area (Å²) in [6, 6.07) is 0.0629. The highest BCUT2D eigenvalue weighted by molar-refractivity contribution is 5.88. The van der Waals surface area contributed by atoms with E-state index in [2.05, 4.69) is 19.9 Å². The fraction of sp³-hybridized carbons (Fsp3) is 0.793. The number of carbonyl (C=O) groups is 2. The maximum absolute atomic E-state index is 12.5. The van der Waals surface area contributed by atoms with Crippen LogP contribution in [0.15, 0.2) is 22.8 Å². The molecule has 5 nitrogen and oxygen atoms in total. The molecule has 3 N–H and O–H groups in total. The number of fused-ring (bicyclic) bond motifs is 5. The smallest absolute Gasteiger partial charge is 0.331 e. The van der Waals surface area contributed by atoms with Crippen molar-refractivity contribution < 1.29 is 19.4 Å². The van der Waals surface area contributed by atoms with Gasteiger partial charge in [-0.1, -0.05) is 38.3 Å². The quantitative estimate of drug-likeness (QED) is 0.290. The Kier molecular flexibility index (Phi) is 7.07. The van der Waals surface area contributed by atoms with Gasteiger partial charge in [0, 0.05) is 18.5 Å². The molecule has 0 amide bonds. The lowest BCUT2D eigenvalue weighted by atomic mass is 9.43. The first kappa shape index (κ1) is 25.5. The number of allylic oxidation sites excluding steroid dienone is 2. The summed E-state index contributed by atoms with van der Waals surface area (Å²) in [4.78, 5) is 24.6. The monoisotopic (exact) mass is 471 g/mol. The topological polar surface area (TPSA) is 89.6 Å². The Bertz CT molecular complexity index is 887. The Morgan fingerprint density at radius 1 is 1.12 bits per heavy atom. The van der Waals surface area contributed by atoms with Crippen LogP contribution in [0, 0.1) is 34.5 Å². The van der Waals surface area contributed by atoms with E-state index in [1.54, 1.807) is 0 Å². The molecule has 0 aromatic heterocycles. The zero-order valence-electron chi connectivity index (χ0n) is 21.9. The number of aliphatic carboxylic acids is 1. The van der Waals surface area contributed by atoms with Gasteiger partial charge in [-0.3, -0.25) is 4.79 Å². The van der Waals surface area contributed by atoms with E-state index in [0.29, 0.717) is 30.3 Å². The van der Waals surface area contributed by atoms with Crippen LogP contribution in [0.25, 0.3) is 0 Å². The minimum Gasteiger partial charge on any atom is -0.478 e. The summed E-state index contributed by atoms with van der Waals surface area (Å²) in [6.45, 7) is 10.4. The molecule has 5 heteroatoms. The van der Waals surface area contributed by atoms with Crippen molar-refractivity contribution in [3.05, 3.63) is 22.8 Å². The maximum Gasteiger partial charge on any atom is 0.331 e. The number of nitrogens with two attached hydrogens (primary N) is 1. The molecule has 4 saturated carbocycles. The lowest BCUT2D eigenvalue weighted by Crippen LogP contribution is -2.60. The van der Waals surface area contributed by atoms with Gasteiger partial charge >= 0.3 is 11.9 Å². The molecule has 8 atom stereocenters. The molecule has 4 fully saturated rings. The Hall–Kier alpha value is -1.62. The van der Waals surface area contributed by atoms with Crippen molar-refractivity contribution in [2.24, 2.45) is 40.2 Å². The second-order valence-electron chi connectivity index (χ2n) is 12.5. The van der Waals surface area contributed by atoms with Crippen molar-refractivity contribution in [3.8, 4) is 0 Å². The first-order valence-electron chi connectivity index (χ1n) is 13.5. The van der Waals surface area contributed by atoms with Crippen molar-refractivity contribution in [3.63, 3.8) is 0 Å². The van der Waals surface area contributed by atoms with Gasteiger partial charge in [0.1, 0.15) is 6.10 Å². The third-order valence-electron chi connectivity index (χ3n) is 10.3. The van der Waals surface area contributed by atoms with E-state index in [-0.39, 0.29) is 28.8 Å². The molecule has 34 heavy (non-hydrogen) atoms. The van der Waals surface area contributed by atoms with Gasteiger partial charge in [-0.05, 0) is 105 Å². The number of hydrogen-bond acceptors (Lipinski definition) is 4. The van der Waals surface area contributed by atoms with Gasteiger partial charge in [0.2, 0.25) is 0 Å². The summed E-state index contributed by atoms with van der Waals surface area (Å²) in [6.07, 6.45) is 11.9. The summed E-state index contributed by atoms with van der Waals surface area (Å²) in [5, 5.41) is 10.3. The van der Waals surface area contributed by atoms with Crippen LogP contribution in [0.1, 0.15) is 98.8 Å². The van der Waals surface area contributed by atoms with E-state index < -0.39 is 12.1 Å². The minimum atomic E-state index is -0.878. The molecule has 0 bridgehead atoms. The third-order valence-corrected chi connectivity index (χ3v) is 10.3. The number of esters is 1. The number of hydrogen-bond donors (Lipinski definition) is 2. The molecule has 0 heterocycles. The molecule has 4 aliphatic carbocycles. The fourth-order valence-electron chi connectivity index (χ4n) is 8.94. The first-order chi connectivity index (χ1) is 16.0. The van der Waals surface area contributed by atoms with Crippen LogP contribution < -0.4 is 5.73 Å². The molecule has 0 aromatic carbocycles. The van der Waals surface area contributed by atoms with Crippen molar-refractivity contribution >= 4 is 11.9 Å². The van der Waals surface area contributed by atoms with Gasteiger partial charge in [0.15, 0.2) is 0 Å². The SMILES string of the molecule is CC(=O)O[C@H]1C[C@@]2(C)C(C[C@H](N)[C@@H]3C2CCC2CCCC[C@@]23C)/C1=C(\CCC=C(C)C)C(=O)O. The normalized spacial score (nSPS) is 42.6. The second-order valence-corrected chi connectivity index (χ2v) is 12.5. The lowest BCUT2D eigenvalue weighted by Gasteiger charge is -2.63. The van der Waals surface area contributed by atoms with Crippen LogP contribution in [0.2, 0.25) is 0 Å². The van der Waals surface area contributed by atoms with Crippen LogP contribution >= 0.6 is 0 Å². The molecule has 0 spiro atoms. The minimum absolute atomic E-state index is 0.0629. The predicted octanol–water partition coefficient (Wildman–Crippen LogP) is 6.03. The molecule has 0 radical (unpaired) electrons. The van der Waals surface area contributed by atoms with Crippen LogP contribution in [-0.4, -0.2) is 29.2 Å². The van der Waals surface area contributed by atoms with E-state index in [9.17, 15) is 14.7 Å². The number of carboxylic acids is 1. The second kappa shape index (κ2) is 9.44. The molecule has 0 aromatic rings. The Morgan fingerprint density at radius 2 is 1.85 bits per heavy atom. The Morgan fingerprint density at radius 3 is 2.50 bits per heavy atom. The van der Waals surface area contributed by atoms with E-state index >= 15 is 0 Å². The number of carboxylic acid groups (broad SMARTS) is 1. The maximum atomic E-state index is 12.5. The average molecular weight is 472 g/mol. The number of ether oxygens (including phenoxy) is 1. The molecular weight excluding hydrogens is 426 g/mol. The van der Waals surface area contributed by atoms with Gasteiger partial charge in [-0.15, -0.1) is 0 Å². The highest BCUT2D eigenvalue weighted by Gasteiger charge is 2.64.